The third kappa shape index (κ3) is 2.33. The first-order chi connectivity index (χ1) is 6.75. The predicted octanol–water partition coefficient (Wildman–Crippen LogP) is 1.01. The van der Waals surface area contributed by atoms with Gasteiger partial charge in [-0.05, 0) is 47.6 Å². The van der Waals surface area contributed by atoms with Crippen LogP contribution in [0.25, 0.3) is 0 Å². The Bertz CT molecular complexity index is 292. The molecule has 76 valence electrons. The zero-order chi connectivity index (χ0) is 9.97. The molecule has 0 atom stereocenters. The van der Waals surface area contributed by atoms with Crippen molar-refractivity contribution in [1.82, 2.24) is 10.2 Å². The molecular weight excluding hydrogens is 291 g/mol. The summed E-state index contributed by atoms with van der Waals surface area (Å²) < 4.78 is 0.931. The first kappa shape index (κ1) is 10.1. The number of hydrogen-bond acceptors (Lipinski definition) is 4. The van der Waals surface area contributed by atoms with Crippen LogP contribution in [0.1, 0.15) is 12.8 Å². The smallest absolute Gasteiger partial charge is 0.151 e. The van der Waals surface area contributed by atoms with Gasteiger partial charge in [-0.3, -0.25) is 0 Å². The maximum atomic E-state index is 5.84. The summed E-state index contributed by atoms with van der Waals surface area (Å²) in [4.78, 5) is 2.24. The zero-order valence-electron chi connectivity index (χ0n) is 7.86. The summed E-state index contributed by atoms with van der Waals surface area (Å²) in [5.74, 6) is 0.970. The molecule has 2 rings (SSSR count). The fourth-order valence-corrected chi connectivity index (χ4v) is 1.89. The molecule has 1 aromatic rings. The summed E-state index contributed by atoms with van der Waals surface area (Å²) in [6, 6.07) is 4.37. The number of aromatic nitrogens is 2. The van der Waals surface area contributed by atoms with E-state index in [9.17, 15) is 0 Å². The van der Waals surface area contributed by atoms with Crippen molar-refractivity contribution in [3.63, 3.8) is 0 Å². The molecule has 1 aliphatic rings. The molecule has 2 N–H and O–H groups in total. The third-order valence-corrected chi connectivity index (χ3v) is 3.06. The molecule has 0 radical (unpaired) electrons. The monoisotopic (exact) mass is 304 g/mol. The van der Waals surface area contributed by atoms with Crippen molar-refractivity contribution in [2.75, 3.05) is 18.0 Å². The Hall–Kier alpha value is -0.430. The quantitative estimate of drug-likeness (QED) is 0.787. The second-order valence-electron chi connectivity index (χ2n) is 3.54. The number of nitrogens with two attached hydrogens (primary N) is 1. The van der Waals surface area contributed by atoms with Crippen LogP contribution in [0.15, 0.2) is 12.1 Å². The minimum absolute atomic E-state index is 0.364. The highest BCUT2D eigenvalue weighted by Gasteiger charge is 2.17. The lowest BCUT2D eigenvalue weighted by Crippen LogP contribution is -2.40. The fraction of sp³-hybridized carbons (Fsp3) is 0.556. The second kappa shape index (κ2) is 4.39. The topological polar surface area (TPSA) is 55.0 Å². The molecule has 1 fully saturated rings. The lowest BCUT2D eigenvalue weighted by atomic mass is 10.1. The van der Waals surface area contributed by atoms with Crippen molar-refractivity contribution in [2.45, 2.75) is 18.9 Å². The van der Waals surface area contributed by atoms with Crippen LogP contribution in [0.5, 0.6) is 0 Å². The van der Waals surface area contributed by atoms with Crippen LogP contribution in [-0.2, 0) is 0 Å². The summed E-state index contributed by atoms with van der Waals surface area (Å²) in [5.41, 5.74) is 5.84. The molecule has 1 aliphatic heterocycles. The molecule has 0 unspecified atom stereocenters. The largest absolute Gasteiger partial charge is 0.355 e. The first-order valence-corrected chi connectivity index (χ1v) is 5.83. The van der Waals surface area contributed by atoms with Crippen molar-refractivity contribution in [2.24, 2.45) is 5.73 Å². The van der Waals surface area contributed by atoms with Crippen LogP contribution >= 0.6 is 22.6 Å². The van der Waals surface area contributed by atoms with E-state index in [0.29, 0.717) is 6.04 Å². The Kier molecular flexibility index (Phi) is 3.17. The summed E-state index contributed by atoms with van der Waals surface area (Å²) >= 11 is 2.16. The number of anilines is 1. The SMILES string of the molecule is NC1CCN(c2ccc(I)nn2)CC1. The van der Waals surface area contributed by atoms with Crippen LogP contribution in [0.2, 0.25) is 0 Å². The van der Waals surface area contributed by atoms with E-state index < -0.39 is 0 Å². The van der Waals surface area contributed by atoms with Crippen molar-refractivity contribution in [3.8, 4) is 0 Å². The van der Waals surface area contributed by atoms with Crippen LogP contribution in [-0.4, -0.2) is 29.3 Å². The molecule has 14 heavy (non-hydrogen) atoms. The van der Waals surface area contributed by atoms with Gasteiger partial charge in [0.15, 0.2) is 5.82 Å². The van der Waals surface area contributed by atoms with Crippen LogP contribution < -0.4 is 10.6 Å². The molecule has 0 saturated carbocycles. The van der Waals surface area contributed by atoms with Crippen molar-refractivity contribution in [1.29, 1.82) is 0 Å². The average Bonchev–Trinajstić information content (AvgIpc) is 2.21. The van der Waals surface area contributed by atoms with Gasteiger partial charge in [-0.25, -0.2) is 0 Å². The maximum Gasteiger partial charge on any atom is 0.151 e. The Morgan fingerprint density at radius 3 is 2.57 bits per heavy atom. The highest BCUT2D eigenvalue weighted by Crippen LogP contribution is 2.16. The van der Waals surface area contributed by atoms with Gasteiger partial charge >= 0.3 is 0 Å². The van der Waals surface area contributed by atoms with E-state index in [1.54, 1.807) is 0 Å². The van der Waals surface area contributed by atoms with Gasteiger partial charge in [0, 0.05) is 19.1 Å². The third-order valence-electron chi connectivity index (χ3n) is 2.48. The van der Waals surface area contributed by atoms with Gasteiger partial charge in [0.2, 0.25) is 0 Å². The Labute approximate surface area is 97.0 Å². The van der Waals surface area contributed by atoms with Gasteiger partial charge in [0.25, 0.3) is 0 Å². The zero-order valence-corrected chi connectivity index (χ0v) is 10.0. The highest BCUT2D eigenvalue weighted by molar-refractivity contribution is 14.1. The molecule has 0 spiro atoms. The van der Waals surface area contributed by atoms with Crippen molar-refractivity contribution < 1.29 is 0 Å². The van der Waals surface area contributed by atoms with Crippen LogP contribution in [0, 0.1) is 3.70 Å². The predicted molar refractivity (Wildman–Crippen MR) is 64.2 cm³/mol. The number of rotatable bonds is 1. The second-order valence-corrected chi connectivity index (χ2v) is 4.64. The van der Waals surface area contributed by atoms with E-state index in [0.717, 1.165) is 35.4 Å². The lowest BCUT2D eigenvalue weighted by Gasteiger charge is -2.30. The summed E-state index contributed by atoms with van der Waals surface area (Å²) in [6.45, 7) is 1.99. The molecule has 1 aromatic heterocycles. The van der Waals surface area contributed by atoms with Gasteiger partial charge in [0.1, 0.15) is 3.70 Å². The number of hydrogen-bond donors (Lipinski definition) is 1. The minimum atomic E-state index is 0.364. The van der Waals surface area contributed by atoms with Crippen LogP contribution in [0.4, 0.5) is 5.82 Å². The Balaban J connectivity index is 2.05. The van der Waals surface area contributed by atoms with Gasteiger partial charge in [0.05, 0.1) is 0 Å². The minimum Gasteiger partial charge on any atom is -0.355 e. The molecule has 4 nitrogen and oxygen atoms in total. The molecule has 0 amide bonds. The molecule has 5 heteroatoms. The van der Waals surface area contributed by atoms with E-state index >= 15 is 0 Å². The summed E-state index contributed by atoms with van der Waals surface area (Å²) in [6.07, 6.45) is 2.10. The number of halogens is 1. The number of piperidine rings is 1. The molecule has 0 aromatic carbocycles. The highest BCUT2D eigenvalue weighted by atomic mass is 127. The normalized spacial score (nSPS) is 18.6. The first-order valence-electron chi connectivity index (χ1n) is 4.75. The number of nitrogens with zero attached hydrogens (tertiary/aromatic N) is 3. The summed E-state index contributed by atoms with van der Waals surface area (Å²) in [7, 11) is 0. The van der Waals surface area contributed by atoms with E-state index in [1.165, 1.54) is 0 Å². The van der Waals surface area contributed by atoms with Crippen molar-refractivity contribution in [3.05, 3.63) is 15.8 Å². The van der Waals surface area contributed by atoms with Gasteiger partial charge < -0.3 is 10.6 Å². The van der Waals surface area contributed by atoms with E-state index in [2.05, 4.69) is 37.7 Å². The molecule has 0 bridgehead atoms. The molecule has 2 heterocycles. The fourth-order valence-electron chi connectivity index (χ4n) is 1.61. The lowest BCUT2D eigenvalue weighted by molar-refractivity contribution is 0.497. The van der Waals surface area contributed by atoms with Gasteiger partial charge in [-0.1, -0.05) is 0 Å². The van der Waals surface area contributed by atoms with E-state index in [-0.39, 0.29) is 0 Å². The summed E-state index contributed by atoms with van der Waals surface area (Å²) in [5, 5.41) is 8.19. The molecule has 0 aliphatic carbocycles. The van der Waals surface area contributed by atoms with Crippen LogP contribution in [0.3, 0.4) is 0 Å². The van der Waals surface area contributed by atoms with E-state index in [1.807, 2.05) is 12.1 Å². The van der Waals surface area contributed by atoms with Crippen molar-refractivity contribution >= 4 is 28.4 Å². The maximum absolute atomic E-state index is 5.84. The van der Waals surface area contributed by atoms with Gasteiger partial charge in [-0.2, -0.15) is 0 Å². The molecule has 1 saturated heterocycles. The Morgan fingerprint density at radius 2 is 2.00 bits per heavy atom. The Morgan fingerprint density at radius 1 is 1.29 bits per heavy atom. The molecular formula is C9H13IN4. The van der Waals surface area contributed by atoms with E-state index in [4.69, 9.17) is 5.73 Å². The van der Waals surface area contributed by atoms with Gasteiger partial charge in [-0.15, -0.1) is 10.2 Å². The standard InChI is InChI=1S/C9H13IN4/c10-8-1-2-9(13-12-8)14-5-3-7(11)4-6-14/h1-2,7H,3-6,11H2. The average molecular weight is 304 g/mol.